The van der Waals surface area contributed by atoms with Crippen LogP contribution in [-0.2, 0) is 13.0 Å². The quantitative estimate of drug-likeness (QED) is 0.481. The van der Waals surface area contributed by atoms with Gasteiger partial charge in [0.1, 0.15) is 6.29 Å². The molecule has 0 aliphatic rings. The molecule has 4 aromatic rings. The molecule has 2 heterocycles. The van der Waals surface area contributed by atoms with E-state index in [1.54, 1.807) is 16.5 Å². The van der Waals surface area contributed by atoms with E-state index >= 15 is 0 Å². The molecule has 150 valence electrons. The summed E-state index contributed by atoms with van der Waals surface area (Å²) in [5.41, 5.74) is 2.26. The standard InChI is InChI=1S/C22H24N4O3/c1-23-10-9-15-14(13-27)7-8-18-19(15)16-5-4-6-17-20(16)26(18)22(29)25(21(17)28)12-11-24(2)3/h4-8,13,23H,9-12H2,1-3H3. The van der Waals surface area contributed by atoms with Crippen molar-refractivity contribution in [2.24, 2.45) is 0 Å². The van der Waals surface area contributed by atoms with Gasteiger partial charge in [-0.15, -0.1) is 0 Å². The van der Waals surface area contributed by atoms with E-state index in [4.69, 9.17) is 0 Å². The van der Waals surface area contributed by atoms with Gasteiger partial charge >= 0.3 is 5.69 Å². The van der Waals surface area contributed by atoms with Crippen molar-refractivity contribution >= 4 is 33.5 Å². The molecule has 7 heteroatoms. The Morgan fingerprint density at radius 1 is 1.10 bits per heavy atom. The number of aldehydes is 1. The fraction of sp³-hybridized carbons (Fsp3) is 0.318. The Morgan fingerprint density at radius 2 is 1.86 bits per heavy atom. The zero-order valence-corrected chi connectivity index (χ0v) is 16.9. The lowest BCUT2D eigenvalue weighted by Gasteiger charge is -2.12. The first kappa shape index (κ1) is 19.3. The third-order valence-corrected chi connectivity index (χ3v) is 5.52. The Kier molecular flexibility index (Phi) is 4.94. The minimum atomic E-state index is -0.339. The minimum Gasteiger partial charge on any atom is -0.319 e. The summed E-state index contributed by atoms with van der Waals surface area (Å²) in [6, 6.07) is 9.10. The van der Waals surface area contributed by atoms with Gasteiger partial charge in [-0.3, -0.25) is 18.6 Å². The number of likely N-dealkylation sites (N-methyl/N-ethyl adjacent to an activating group) is 2. The Morgan fingerprint density at radius 3 is 2.55 bits per heavy atom. The molecule has 4 rings (SSSR count). The first-order valence-electron chi connectivity index (χ1n) is 9.69. The van der Waals surface area contributed by atoms with E-state index in [-0.39, 0.29) is 11.2 Å². The van der Waals surface area contributed by atoms with Crippen LogP contribution in [0.2, 0.25) is 0 Å². The number of nitrogens with zero attached hydrogens (tertiary/aromatic N) is 3. The number of aromatic nitrogens is 2. The van der Waals surface area contributed by atoms with Crippen molar-refractivity contribution in [1.82, 2.24) is 19.2 Å². The molecule has 0 saturated heterocycles. The van der Waals surface area contributed by atoms with Crippen molar-refractivity contribution in [1.29, 1.82) is 0 Å². The second-order valence-corrected chi connectivity index (χ2v) is 7.58. The van der Waals surface area contributed by atoms with Crippen molar-refractivity contribution < 1.29 is 4.79 Å². The number of para-hydroxylation sites is 1. The van der Waals surface area contributed by atoms with Crippen LogP contribution in [0.25, 0.3) is 27.2 Å². The van der Waals surface area contributed by atoms with Crippen molar-refractivity contribution in [3.63, 3.8) is 0 Å². The maximum absolute atomic E-state index is 13.3. The summed E-state index contributed by atoms with van der Waals surface area (Å²) in [6.45, 7) is 1.61. The van der Waals surface area contributed by atoms with E-state index in [1.165, 1.54) is 4.57 Å². The number of fused-ring (bicyclic) bond motifs is 3. The normalized spacial score (nSPS) is 12.0. The molecule has 2 aromatic heterocycles. The average Bonchev–Trinajstić information content (AvgIpc) is 3.05. The Hall–Kier alpha value is -3.03. The number of hydrogen-bond acceptors (Lipinski definition) is 5. The average molecular weight is 392 g/mol. The molecule has 7 nitrogen and oxygen atoms in total. The van der Waals surface area contributed by atoms with Crippen LogP contribution in [0.3, 0.4) is 0 Å². The molecular formula is C22H24N4O3. The van der Waals surface area contributed by atoms with E-state index < -0.39 is 0 Å². The third kappa shape index (κ3) is 2.94. The van der Waals surface area contributed by atoms with E-state index in [1.807, 2.05) is 44.2 Å². The molecule has 0 radical (unpaired) electrons. The van der Waals surface area contributed by atoms with Crippen molar-refractivity contribution in [3.05, 3.63) is 62.3 Å². The molecule has 0 amide bonds. The van der Waals surface area contributed by atoms with Gasteiger partial charge in [-0.1, -0.05) is 12.1 Å². The number of nitrogens with one attached hydrogen (secondary N) is 1. The van der Waals surface area contributed by atoms with Gasteiger partial charge < -0.3 is 10.2 Å². The van der Waals surface area contributed by atoms with Gasteiger partial charge in [-0.05, 0) is 57.9 Å². The number of carbonyl (C=O) groups is 1. The number of hydrogen-bond donors (Lipinski definition) is 1. The highest BCUT2D eigenvalue weighted by molar-refractivity contribution is 6.16. The van der Waals surface area contributed by atoms with Gasteiger partial charge in [0.25, 0.3) is 5.56 Å². The van der Waals surface area contributed by atoms with Gasteiger partial charge in [0.15, 0.2) is 0 Å². The summed E-state index contributed by atoms with van der Waals surface area (Å²) in [4.78, 5) is 40.1. The minimum absolute atomic E-state index is 0.273. The molecule has 0 aliphatic carbocycles. The summed E-state index contributed by atoms with van der Waals surface area (Å²) in [5, 5.41) is 5.34. The topological polar surface area (TPSA) is 75.8 Å². The number of rotatable bonds is 7. The Bertz CT molecular complexity index is 1330. The first-order valence-corrected chi connectivity index (χ1v) is 9.69. The molecule has 0 atom stereocenters. The lowest BCUT2D eigenvalue weighted by atomic mass is 9.98. The van der Waals surface area contributed by atoms with Gasteiger partial charge in [0, 0.05) is 29.4 Å². The SMILES string of the molecule is CNCCc1c(C=O)ccc2c1c1cccc3c(=O)n(CCN(C)C)c(=O)n2c31. The number of carbonyl (C=O) groups excluding carboxylic acids is 1. The smallest absolute Gasteiger partial charge is 0.319 e. The second kappa shape index (κ2) is 7.42. The third-order valence-electron chi connectivity index (χ3n) is 5.52. The highest BCUT2D eigenvalue weighted by atomic mass is 16.2. The van der Waals surface area contributed by atoms with Crippen LogP contribution >= 0.6 is 0 Å². The van der Waals surface area contributed by atoms with Gasteiger partial charge in [-0.2, -0.15) is 0 Å². The molecule has 0 unspecified atom stereocenters. The van der Waals surface area contributed by atoms with E-state index in [0.29, 0.717) is 42.5 Å². The molecule has 2 aromatic carbocycles. The molecule has 0 aliphatic heterocycles. The van der Waals surface area contributed by atoms with Crippen LogP contribution in [0.4, 0.5) is 0 Å². The summed E-state index contributed by atoms with van der Waals surface area (Å²) in [6.07, 6.45) is 1.51. The first-order chi connectivity index (χ1) is 14.0. The maximum atomic E-state index is 13.3. The highest BCUT2D eigenvalue weighted by Gasteiger charge is 2.21. The van der Waals surface area contributed by atoms with Crippen LogP contribution < -0.4 is 16.6 Å². The molecule has 1 N–H and O–H groups in total. The molecule has 0 spiro atoms. The Labute approximate surface area is 167 Å². The molecule has 0 saturated carbocycles. The zero-order chi connectivity index (χ0) is 20.7. The van der Waals surface area contributed by atoms with Gasteiger partial charge in [0.2, 0.25) is 0 Å². The molecular weight excluding hydrogens is 368 g/mol. The predicted molar refractivity (Wildman–Crippen MR) is 116 cm³/mol. The highest BCUT2D eigenvalue weighted by Crippen LogP contribution is 2.33. The summed E-state index contributed by atoms with van der Waals surface area (Å²) < 4.78 is 2.94. The summed E-state index contributed by atoms with van der Waals surface area (Å²) in [7, 11) is 5.68. The molecule has 0 bridgehead atoms. The van der Waals surface area contributed by atoms with Gasteiger partial charge in [0.05, 0.1) is 16.4 Å². The van der Waals surface area contributed by atoms with E-state index in [0.717, 1.165) is 28.1 Å². The fourth-order valence-electron chi connectivity index (χ4n) is 4.10. The van der Waals surface area contributed by atoms with Gasteiger partial charge in [-0.25, -0.2) is 4.79 Å². The van der Waals surface area contributed by atoms with Crippen LogP contribution in [0.1, 0.15) is 15.9 Å². The lowest BCUT2D eigenvalue weighted by molar-refractivity contribution is 0.112. The van der Waals surface area contributed by atoms with Crippen molar-refractivity contribution in [2.75, 3.05) is 34.2 Å². The number of benzene rings is 2. The second-order valence-electron chi connectivity index (χ2n) is 7.58. The summed E-state index contributed by atoms with van der Waals surface area (Å²) >= 11 is 0. The molecule has 0 fully saturated rings. The zero-order valence-electron chi connectivity index (χ0n) is 16.9. The fourth-order valence-corrected chi connectivity index (χ4v) is 4.10. The Balaban J connectivity index is 2.17. The van der Waals surface area contributed by atoms with E-state index in [9.17, 15) is 14.4 Å². The largest absolute Gasteiger partial charge is 0.336 e. The van der Waals surface area contributed by atoms with Crippen molar-refractivity contribution in [2.45, 2.75) is 13.0 Å². The lowest BCUT2D eigenvalue weighted by Crippen LogP contribution is -2.39. The molecule has 29 heavy (non-hydrogen) atoms. The van der Waals surface area contributed by atoms with Crippen molar-refractivity contribution in [3.8, 4) is 0 Å². The summed E-state index contributed by atoms with van der Waals surface area (Å²) in [5.74, 6) is 0. The predicted octanol–water partition coefficient (Wildman–Crippen LogP) is 1.34. The van der Waals surface area contributed by atoms with Crippen LogP contribution in [0, 0.1) is 0 Å². The van der Waals surface area contributed by atoms with Crippen LogP contribution in [0.5, 0.6) is 0 Å². The van der Waals surface area contributed by atoms with E-state index in [2.05, 4.69) is 5.32 Å². The van der Waals surface area contributed by atoms with Crippen LogP contribution in [-0.4, -0.2) is 54.4 Å². The van der Waals surface area contributed by atoms with Crippen LogP contribution in [0.15, 0.2) is 39.9 Å². The maximum Gasteiger partial charge on any atom is 0.336 e. The monoisotopic (exact) mass is 392 g/mol.